The largest absolute Gasteiger partial charge is 0.477 e. The number of carboxylic acids is 1. The Labute approximate surface area is 236 Å². The van der Waals surface area contributed by atoms with Crippen molar-refractivity contribution >= 4 is 41.3 Å². The van der Waals surface area contributed by atoms with E-state index in [0.717, 1.165) is 6.42 Å². The first kappa shape index (κ1) is 28.5. The van der Waals surface area contributed by atoms with Crippen LogP contribution in [-0.2, 0) is 25.7 Å². The summed E-state index contributed by atoms with van der Waals surface area (Å²) in [7, 11) is 3.56. The molecule has 0 saturated carbocycles. The van der Waals surface area contributed by atoms with Gasteiger partial charge < -0.3 is 30.9 Å². The van der Waals surface area contributed by atoms with Gasteiger partial charge in [-0.3, -0.25) is 14.4 Å². The number of β-lactam (4-membered cyclic amide) rings is 1. The number of nitrogens with two attached hydrogens (primary N) is 1. The van der Waals surface area contributed by atoms with Crippen LogP contribution in [0.4, 0.5) is 5.95 Å². The van der Waals surface area contributed by atoms with Crippen LogP contribution in [0.1, 0.15) is 33.1 Å². The lowest BCUT2D eigenvalue weighted by molar-refractivity contribution is -0.160. The maximum atomic E-state index is 13.3. The number of fused-ring (bicyclic) bond motifs is 1. The van der Waals surface area contributed by atoms with E-state index in [0.29, 0.717) is 36.9 Å². The molecule has 1 aromatic heterocycles. The number of ketones is 1. The Morgan fingerprint density at radius 1 is 1.30 bits per heavy atom. The van der Waals surface area contributed by atoms with Crippen LogP contribution in [0.2, 0.25) is 0 Å². The number of nitrogens with one attached hydrogen (secondary N) is 1. The fourth-order valence-corrected chi connectivity index (χ4v) is 7.95. The molecular formula is C25H37N9O5S. The first-order chi connectivity index (χ1) is 19.0. The lowest BCUT2D eigenvalue weighted by atomic mass is 9.73. The van der Waals surface area contributed by atoms with Crippen molar-refractivity contribution in [3.8, 4) is 0 Å². The van der Waals surface area contributed by atoms with Gasteiger partial charge in [0.05, 0.1) is 18.0 Å². The zero-order valence-corrected chi connectivity index (χ0v) is 24.0. The molecule has 0 bridgehead atoms. The normalized spacial score (nSPS) is 30.5. The van der Waals surface area contributed by atoms with Crippen molar-refractivity contribution in [1.29, 1.82) is 0 Å². The van der Waals surface area contributed by atoms with Gasteiger partial charge in [-0.2, -0.15) is 0 Å². The van der Waals surface area contributed by atoms with E-state index in [1.54, 1.807) is 23.9 Å². The number of amides is 2. The molecule has 4 N–H and O–H groups in total. The number of anilines is 1. The maximum absolute atomic E-state index is 13.3. The highest BCUT2D eigenvalue weighted by Gasteiger charge is 2.60. The number of thioether (sulfide) groups is 1. The van der Waals surface area contributed by atoms with Crippen LogP contribution in [0.15, 0.2) is 10.6 Å². The summed E-state index contributed by atoms with van der Waals surface area (Å²) in [6, 6.07) is -0.618. The molecule has 218 valence electrons. The molecule has 40 heavy (non-hydrogen) atoms. The molecule has 4 aliphatic heterocycles. The number of carbonyl (C=O) groups excluding carboxylic acids is 3. The summed E-state index contributed by atoms with van der Waals surface area (Å²) in [5.74, 6) is -1.91. The Bertz CT molecular complexity index is 1230. The fourth-order valence-electron chi connectivity index (χ4n) is 6.48. The summed E-state index contributed by atoms with van der Waals surface area (Å²) >= 11 is 1.46. The predicted molar refractivity (Wildman–Crippen MR) is 146 cm³/mol. The number of hydrogen-bond donors (Lipinski definition) is 3. The molecule has 0 spiro atoms. The van der Waals surface area contributed by atoms with Crippen LogP contribution in [0.3, 0.4) is 0 Å². The first-order valence-electron chi connectivity index (χ1n) is 13.7. The zero-order chi connectivity index (χ0) is 28.9. The van der Waals surface area contributed by atoms with Gasteiger partial charge in [0.2, 0.25) is 17.8 Å². The molecule has 14 nitrogen and oxygen atoms in total. The summed E-state index contributed by atoms with van der Waals surface area (Å²) < 4.78 is 1.42. The standard InChI is InChI=1S/C25H37N9O5S/c1-12(7-15(35)11-33-25(31(3)4)28-29-30-33)18-19-13(2)21(20(24(38)39)34(19)23(18)37)40-16-8-17(27-9-16)22(36)32-6-5-14(26)10-32/h12-14,16-19,27H,5-11,26H2,1-4H3,(H,38,39)/t12-,13+,14+,16-,17-,18+,19+/m0/s1. The van der Waals surface area contributed by atoms with E-state index in [1.165, 1.54) is 21.3 Å². The van der Waals surface area contributed by atoms with Crippen molar-refractivity contribution in [2.75, 3.05) is 38.6 Å². The summed E-state index contributed by atoms with van der Waals surface area (Å²) in [6.45, 7) is 5.60. The van der Waals surface area contributed by atoms with Crippen LogP contribution < -0.4 is 16.0 Å². The second-order valence-corrected chi connectivity index (χ2v) is 12.9. The predicted octanol–water partition coefficient (Wildman–Crippen LogP) is -0.869. The lowest BCUT2D eigenvalue weighted by Gasteiger charge is -2.47. The number of carbonyl (C=O) groups is 4. The summed E-state index contributed by atoms with van der Waals surface area (Å²) in [4.78, 5) is 57.0. The average molecular weight is 576 g/mol. The van der Waals surface area contributed by atoms with Gasteiger partial charge in [-0.15, -0.1) is 11.8 Å². The Morgan fingerprint density at radius 3 is 2.70 bits per heavy atom. The SMILES string of the molecule is C[C@@H](CC(=O)Cn1nnnc1N(C)C)[C@H]1C(=O)N2C(C(=O)O)=C(S[C@@H]3CN[C@H](C(=O)N4CC[C@@H](N)C4)C3)[C@H](C)[C@H]12. The highest BCUT2D eigenvalue weighted by Crippen LogP contribution is 2.53. The molecule has 1 aromatic rings. The van der Waals surface area contributed by atoms with Gasteiger partial charge in [-0.1, -0.05) is 18.9 Å². The minimum atomic E-state index is -1.13. The second-order valence-electron chi connectivity index (χ2n) is 11.6. The van der Waals surface area contributed by atoms with Crippen molar-refractivity contribution in [3.05, 3.63) is 10.6 Å². The van der Waals surface area contributed by atoms with Gasteiger partial charge in [-0.05, 0) is 29.2 Å². The first-order valence-corrected chi connectivity index (χ1v) is 14.6. The Balaban J connectivity index is 1.23. The second kappa shape index (κ2) is 11.1. The number of aromatic nitrogens is 4. The average Bonchev–Trinajstić information content (AvgIpc) is 3.67. The van der Waals surface area contributed by atoms with Crippen LogP contribution in [0.25, 0.3) is 0 Å². The van der Waals surface area contributed by atoms with E-state index in [-0.39, 0.29) is 71.5 Å². The Kier molecular flexibility index (Phi) is 7.90. The molecule has 5 rings (SSSR count). The summed E-state index contributed by atoms with van der Waals surface area (Å²) in [5.41, 5.74) is 6.00. The summed E-state index contributed by atoms with van der Waals surface area (Å²) in [5, 5.41) is 24.8. The number of likely N-dealkylation sites (tertiary alicyclic amines) is 1. The molecule has 0 aliphatic carbocycles. The van der Waals surface area contributed by atoms with E-state index in [4.69, 9.17) is 5.73 Å². The van der Waals surface area contributed by atoms with E-state index in [2.05, 4.69) is 20.8 Å². The van der Waals surface area contributed by atoms with Crippen LogP contribution in [-0.4, -0.2) is 116 Å². The molecule has 3 fully saturated rings. The number of carboxylic acid groups (broad SMARTS) is 1. The van der Waals surface area contributed by atoms with E-state index < -0.39 is 11.9 Å². The van der Waals surface area contributed by atoms with Crippen molar-refractivity contribution in [3.63, 3.8) is 0 Å². The molecule has 15 heteroatoms. The highest BCUT2D eigenvalue weighted by molar-refractivity contribution is 8.03. The third-order valence-electron chi connectivity index (χ3n) is 8.41. The number of nitrogens with zero attached hydrogens (tertiary/aromatic N) is 7. The maximum Gasteiger partial charge on any atom is 0.353 e. The number of Topliss-reactive ketones (excluding diaryl/α,β-unsaturated/α-hetero) is 1. The molecule has 0 radical (unpaired) electrons. The minimum absolute atomic E-state index is 0.00506. The van der Waals surface area contributed by atoms with E-state index in [1.807, 2.05) is 13.8 Å². The van der Waals surface area contributed by atoms with Gasteiger partial charge in [0.1, 0.15) is 12.2 Å². The molecule has 4 aliphatic rings. The van der Waals surface area contributed by atoms with Crippen LogP contribution in [0, 0.1) is 17.8 Å². The van der Waals surface area contributed by atoms with Crippen molar-refractivity contribution < 1.29 is 24.3 Å². The zero-order valence-electron chi connectivity index (χ0n) is 23.2. The van der Waals surface area contributed by atoms with Gasteiger partial charge in [0.15, 0.2) is 5.78 Å². The van der Waals surface area contributed by atoms with Crippen molar-refractivity contribution in [2.24, 2.45) is 23.5 Å². The molecule has 2 amide bonds. The number of rotatable bonds is 10. The van der Waals surface area contributed by atoms with Crippen molar-refractivity contribution in [1.82, 2.24) is 35.3 Å². The number of aliphatic carboxylic acids is 1. The van der Waals surface area contributed by atoms with Gasteiger partial charge >= 0.3 is 5.97 Å². The quantitative estimate of drug-likeness (QED) is 0.294. The fraction of sp³-hybridized carbons (Fsp3) is 0.720. The smallest absolute Gasteiger partial charge is 0.353 e. The van der Waals surface area contributed by atoms with Crippen molar-refractivity contribution in [2.45, 2.75) is 63.0 Å². The number of hydrogen-bond acceptors (Lipinski definition) is 11. The van der Waals surface area contributed by atoms with Gasteiger partial charge in [0, 0.05) is 62.3 Å². The monoisotopic (exact) mass is 575 g/mol. The van der Waals surface area contributed by atoms with Gasteiger partial charge in [-0.25, -0.2) is 9.48 Å². The Hall–Kier alpha value is -3.04. The molecular weight excluding hydrogens is 538 g/mol. The minimum Gasteiger partial charge on any atom is -0.477 e. The van der Waals surface area contributed by atoms with Crippen LogP contribution in [0.5, 0.6) is 0 Å². The topological polar surface area (TPSA) is 180 Å². The van der Waals surface area contributed by atoms with Crippen LogP contribution >= 0.6 is 11.8 Å². The molecule has 5 heterocycles. The highest BCUT2D eigenvalue weighted by atomic mass is 32.2. The van der Waals surface area contributed by atoms with E-state index >= 15 is 0 Å². The third kappa shape index (κ3) is 5.09. The Morgan fingerprint density at radius 2 is 2.05 bits per heavy atom. The molecule has 3 saturated heterocycles. The molecule has 0 unspecified atom stereocenters. The lowest BCUT2D eigenvalue weighted by Crippen LogP contribution is -2.62. The summed E-state index contributed by atoms with van der Waals surface area (Å²) in [6.07, 6.45) is 1.53. The third-order valence-corrected chi connectivity index (χ3v) is 9.92. The number of tetrazole rings is 1. The molecule has 0 aromatic carbocycles. The van der Waals surface area contributed by atoms with Gasteiger partial charge in [0.25, 0.3) is 0 Å². The van der Waals surface area contributed by atoms with E-state index in [9.17, 15) is 24.3 Å². The molecule has 7 atom stereocenters.